The molecule has 0 spiro atoms. The number of rotatable bonds is 2. The van der Waals surface area contributed by atoms with Crippen molar-refractivity contribution in [1.29, 1.82) is 0 Å². The van der Waals surface area contributed by atoms with E-state index in [0.29, 0.717) is 6.42 Å². The summed E-state index contributed by atoms with van der Waals surface area (Å²) in [5.74, 6) is -0.244. The van der Waals surface area contributed by atoms with Gasteiger partial charge in [0.25, 0.3) is 0 Å². The molecule has 1 heterocycles. The molecule has 0 aromatic rings. The molecule has 0 radical (unpaired) electrons. The summed E-state index contributed by atoms with van der Waals surface area (Å²) in [6.45, 7) is 1.18. The quantitative estimate of drug-likeness (QED) is 0.580. The molecule has 2 N–H and O–H groups in total. The van der Waals surface area contributed by atoms with Crippen molar-refractivity contribution in [3.63, 3.8) is 0 Å². The largest absolute Gasteiger partial charge is 0.394 e. The maximum atomic E-state index is 11.1. The maximum Gasteiger partial charge on any atom is 0.221 e. The Hall–Kier alpha value is -0.650. The molecule has 13 heavy (non-hydrogen) atoms. The van der Waals surface area contributed by atoms with E-state index in [1.807, 2.05) is 0 Å². The van der Waals surface area contributed by atoms with E-state index in [-0.39, 0.29) is 18.6 Å². The number of amides is 1. The van der Waals surface area contributed by atoms with Crippen molar-refractivity contribution >= 4 is 5.91 Å². The first-order chi connectivity index (χ1) is 6.11. The Labute approximate surface area is 76.9 Å². The first kappa shape index (κ1) is 10.4. The third-order valence-corrected chi connectivity index (χ3v) is 2.40. The number of hydrogen-bond donors (Lipinski definition) is 2. The second-order valence-corrected chi connectivity index (χ2v) is 3.17. The molecule has 5 nitrogen and oxygen atoms in total. The zero-order valence-electron chi connectivity index (χ0n) is 7.80. The minimum Gasteiger partial charge on any atom is -0.394 e. The van der Waals surface area contributed by atoms with Gasteiger partial charge in [-0.25, -0.2) is 0 Å². The summed E-state index contributed by atoms with van der Waals surface area (Å²) in [6, 6.07) is -0.419. The third kappa shape index (κ3) is 1.82. The second kappa shape index (κ2) is 4.04. The van der Waals surface area contributed by atoms with Crippen molar-refractivity contribution in [2.75, 3.05) is 13.7 Å². The minimum atomic E-state index is -0.834. The van der Waals surface area contributed by atoms with Crippen molar-refractivity contribution in [2.45, 2.75) is 31.7 Å². The van der Waals surface area contributed by atoms with Gasteiger partial charge in [0, 0.05) is 20.5 Å². The SMILES string of the molecule is CO[C@@H]1C[C@H](O)N(C(C)=O)[C@H]1CO. The average Bonchev–Trinajstić information content (AvgIpc) is 2.41. The van der Waals surface area contributed by atoms with Crippen LogP contribution >= 0.6 is 0 Å². The maximum absolute atomic E-state index is 11.1. The lowest BCUT2D eigenvalue weighted by Crippen LogP contribution is -2.44. The van der Waals surface area contributed by atoms with Gasteiger partial charge < -0.3 is 19.8 Å². The van der Waals surface area contributed by atoms with E-state index >= 15 is 0 Å². The zero-order valence-corrected chi connectivity index (χ0v) is 7.80. The summed E-state index contributed by atoms with van der Waals surface area (Å²) in [5.41, 5.74) is 0. The highest BCUT2D eigenvalue weighted by Crippen LogP contribution is 2.24. The molecule has 5 heteroatoms. The number of carbonyl (C=O) groups excluding carboxylic acids is 1. The van der Waals surface area contributed by atoms with Crippen LogP contribution in [0.2, 0.25) is 0 Å². The van der Waals surface area contributed by atoms with Gasteiger partial charge in [-0.15, -0.1) is 0 Å². The molecule has 1 aliphatic rings. The topological polar surface area (TPSA) is 70.0 Å². The van der Waals surface area contributed by atoms with Crippen LogP contribution in [-0.4, -0.2) is 53.1 Å². The molecular weight excluding hydrogens is 174 g/mol. The molecule has 1 rings (SSSR count). The zero-order chi connectivity index (χ0) is 10.0. The Morgan fingerprint density at radius 3 is 2.69 bits per heavy atom. The minimum absolute atomic E-state index is 0.185. The molecule has 0 aromatic heterocycles. The van der Waals surface area contributed by atoms with Crippen LogP contribution in [0.4, 0.5) is 0 Å². The summed E-state index contributed by atoms with van der Waals surface area (Å²) in [7, 11) is 1.50. The number of aliphatic hydroxyl groups excluding tert-OH is 2. The predicted molar refractivity (Wildman–Crippen MR) is 44.8 cm³/mol. The Balaban J connectivity index is 2.76. The first-order valence-electron chi connectivity index (χ1n) is 4.22. The van der Waals surface area contributed by atoms with Gasteiger partial charge in [-0.1, -0.05) is 0 Å². The third-order valence-electron chi connectivity index (χ3n) is 2.40. The number of likely N-dealkylation sites (tertiary alicyclic amines) is 1. The molecular formula is C8H15NO4. The van der Waals surface area contributed by atoms with Gasteiger partial charge in [-0.2, -0.15) is 0 Å². The van der Waals surface area contributed by atoms with Crippen molar-refractivity contribution in [1.82, 2.24) is 4.90 Å². The molecule has 0 aromatic carbocycles. The fraction of sp³-hybridized carbons (Fsp3) is 0.875. The Morgan fingerprint density at radius 2 is 2.31 bits per heavy atom. The van der Waals surface area contributed by atoms with Gasteiger partial charge in [0.1, 0.15) is 6.23 Å². The van der Waals surface area contributed by atoms with E-state index in [1.165, 1.54) is 18.9 Å². The number of nitrogens with zero attached hydrogens (tertiary/aromatic N) is 1. The lowest BCUT2D eigenvalue weighted by molar-refractivity contribution is -0.140. The molecule has 0 unspecified atom stereocenters. The normalized spacial score (nSPS) is 33.8. The molecule has 3 atom stereocenters. The highest BCUT2D eigenvalue weighted by molar-refractivity contribution is 5.74. The van der Waals surface area contributed by atoms with E-state index in [9.17, 15) is 9.90 Å². The van der Waals surface area contributed by atoms with Crippen LogP contribution in [0.25, 0.3) is 0 Å². The average molecular weight is 189 g/mol. The Morgan fingerprint density at radius 1 is 1.69 bits per heavy atom. The highest BCUT2D eigenvalue weighted by atomic mass is 16.5. The molecule has 1 aliphatic heterocycles. The summed E-state index contributed by atoms with van der Waals surface area (Å²) in [5, 5.41) is 18.5. The Bertz CT molecular complexity index is 197. The lowest BCUT2D eigenvalue weighted by Gasteiger charge is -2.26. The predicted octanol–water partition coefficient (Wildman–Crippen LogP) is -1.07. The second-order valence-electron chi connectivity index (χ2n) is 3.17. The molecule has 1 saturated heterocycles. The van der Waals surface area contributed by atoms with E-state index in [0.717, 1.165) is 0 Å². The monoisotopic (exact) mass is 189 g/mol. The number of hydrogen-bond acceptors (Lipinski definition) is 4. The highest BCUT2D eigenvalue weighted by Gasteiger charge is 2.41. The van der Waals surface area contributed by atoms with Crippen LogP contribution < -0.4 is 0 Å². The summed E-state index contributed by atoms with van der Waals surface area (Å²) < 4.78 is 5.05. The van der Waals surface area contributed by atoms with Crippen molar-refractivity contribution in [3.8, 4) is 0 Å². The van der Waals surface area contributed by atoms with Crippen LogP contribution in [0, 0.1) is 0 Å². The number of methoxy groups -OCH3 is 1. The van der Waals surface area contributed by atoms with Gasteiger partial charge >= 0.3 is 0 Å². The van der Waals surface area contributed by atoms with Gasteiger partial charge in [0.15, 0.2) is 0 Å². The Kier molecular flexibility index (Phi) is 3.24. The van der Waals surface area contributed by atoms with E-state index < -0.39 is 12.3 Å². The van der Waals surface area contributed by atoms with Gasteiger partial charge in [0.05, 0.1) is 18.8 Å². The van der Waals surface area contributed by atoms with Crippen LogP contribution in [0.5, 0.6) is 0 Å². The fourth-order valence-electron chi connectivity index (χ4n) is 1.78. The summed E-state index contributed by atoms with van der Waals surface area (Å²) in [4.78, 5) is 12.3. The van der Waals surface area contributed by atoms with E-state index in [4.69, 9.17) is 9.84 Å². The molecule has 0 saturated carbocycles. The number of aliphatic hydroxyl groups is 2. The lowest BCUT2D eigenvalue weighted by atomic mass is 10.2. The van der Waals surface area contributed by atoms with Crippen molar-refractivity contribution < 1.29 is 19.7 Å². The van der Waals surface area contributed by atoms with Crippen LogP contribution in [-0.2, 0) is 9.53 Å². The van der Waals surface area contributed by atoms with Gasteiger partial charge in [0.2, 0.25) is 5.91 Å². The first-order valence-corrected chi connectivity index (χ1v) is 4.22. The molecule has 0 aliphatic carbocycles. The molecule has 76 valence electrons. The number of ether oxygens (including phenoxy) is 1. The van der Waals surface area contributed by atoms with E-state index in [2.05, 4.69) is 0 Å². The van der Waals surface area contributed by atoms with Crippen LogP contribution in [0.3, 0.4) is 0 Å². The fourth-order valence-corrected chi connectivity index (χ4v) is 1.78. The molecule has 1 fully saturated rings. The van der Waals surface area contributed by atoms with Crippen molar-refractivity contribution in [2.24, 2.45) is 0 Å². The standard InChI is InChI=1S/C8H15NO4/c1-5(11)9-6(4-10)7(13-2)3-8(9)12/h6-8,10,12H,3-4H2,1-2H3/t6-,7+,8-/m0/s1. The molecule has 0 bridgehead atoms. The van der Waals surface area contributed by atoms with Crippen LogP contribution in [0.1, 0.15) is 13.3 Å². The van der Waals surface area contributed by atoms with Crippen LogP contribution in [0.15, 0.2) is 0 Å². The number of carbonyl (C=O) groups is 1. The van der Waals surface area contributed by atoms with Crippen molar-refractivity contribution in [3.05, 3.63) is 0 Å². The van der Waals surface area contributed by atoms with Gasteiger partial charge in [-0.05, 0) is 0 Å². The summed E-state index contributed by atoms with van der Waals surface area (Å²) >= 11 is 0. The molecule has 1 amide bonds. The summed E-state index contributed by atoms with van der Waals surface area (Å²) in [6.07, 6.45) is -0.745. The van der Waals surface area contributed by atoms with E-state index in [1.54, 1.807) is 0 Å². The van der Waals surface area contributed by atoms with Gasteiger partial charge in [-0.3, -0.25) is 4.79 Å². The smallest absolute Gasteiger partial charge is 0.221 e.